The van der Waals surface area contributed by atoms with Gasteiger partial charge < -0.3 is 14.6 Å². The summed E-state index contributed by atoms with van der Waals surface area (Å²) in [6.45, 7) is 5.82. The van der Waals surface area contributed by atoms with Gasteiger partial charge in [-0.25, -0.2) is 0 Å². The first kappa shape index (κ1) is 16.6. The SMILES string of the molecule is Cc1ccc([S@@](=O)C[C@H]2C[C@@H](CCO)OC(C)(C)O2)cc1. The summed E-state index contributed by atoms with van der Waals surface area (Å²) in [5.41, 5.74) is 1.15. The Morgan fingerprint density at radius 3 is 2.48 bits per heavy atom. The molecule has 1 aromatic carbocycles. The van der Waals surface area contributed by atoms with Crippen molar-refractivity contribution in [2.75, 3.05) is 12.4 Å². The molecule has 1 fully saturated rings. The van der Waals surface area contributed by atoms with E-state index in [0.717, 1.165) is 10.5 Å². The Balaban J connectivity index is 2.00. The molecule has 0 amide bonds. The monoisotopic (exact) mass is 312 g/mol. The van der Waals surface area contributed by atoms with Gasteiger partial charge in [-0.05, 0) is 39.3 Å². The highest BCUT2D eigenvalue weighted by Gasteiger charge is 2.35. The van der Waals surface area contributed by atoms with E-state index in [1.54, 1.807) is 0 Å². The lowest BCUT2D eigenvalue weighted by molar-refractivity contribution is -0.296. The van der Waals surface area contributed by atoms with Crippen LogP contribution in [0.1, 0.15) is 32.3 Å². The van der Waals surface area contributed by atoms with Crippen LogP contribution in [0.2, 0.25) is 0 Å². The summed E-state index contributed by atoms with van der Waals surface area (Å²) >= 11 is 0. The summed E-state index contributed by atoms with van der Waals surface area (Å²) < 4.78 is 24.1. The Hall–Kier alpha value is -0.750. The maximum Gasteiger partial charge on any atom is 0.163 e. The number of hydrogen-bond donors (Lipinski definition) is 1. The number of aliphatic hydroxyl groups excluding tert-OH is 1. The second kappa shape index (κ2) is 7.01. The number of ether oxygens (including phenoxy) is 2. The van der Waals surface area contributed by atoms with Crippen molar-refractivity contribution in [2.45, 2.75) is 56.5 Å². The molecule has 0 aromatic heterocycles. The van der Waals surface area contributed by atoms with E-state index in [1.165, 1.54) is 0 Å². The average molecular weight is 312 g/mol. The molecule has 1 N–H and O–H groups in total. The zero-order chi connectivity index (χ0) is 15.5. The Morgan fingerprint density at radius 1 is 1.24 bits per heavy atom. The first-order valence-electron chi connectivity index (χ1n) is 7.31. The van der Waals surface area contributed by atoms with Crippen LogP contribution in [0, 0.1) is 6.92 Å². The predicted octanol–water partition coefficient (Wildman–Crippen LogP) is 2.40. The van der Waals surface area contributed by atoms with E-state index < -0.39 is 16.6 Å². The maximum absolute atomic E-state index is 12.4. The summed E-state index contributed by atoms with van der Waals surface area (Å²) in [5, 5.41) is 9.08. The van der Waals surface area contributed by atoms with Gasteiger partial charge in [0, 0.05) is 17.9 Å². The Bertz CT molecular complexity index is 484. The molecule has 0 radical (unpaired) electrons. The molecule has 4 nitrogen and oxygen atoms in total. The molecule has 0 unspecified atom stereocenters. The van der Waals surface area contributed by atoms with Crippen LogP contribution in [-0.2, 0) is 20.3 Å². The normalized spacial score (nSPS) is 26.5. The van der Waals surface area contributed by atoms with Crippen LogP contribution in [0.15, 0.2) is 29.2 Å². The van der Waals surface area contributed by atoms with Crippen LogP contribution in [0.4, 0.5) is 0 Å². The van der Waals surface area contributed by atoms with Crippen LogP contribution in [0.5, 0.6) is 0 Å². The molecule has 0 spiro atoms. The van der Waals surface area contributed by atoms with Crippen LogP contribution in [0.25, 0.3) is 0 Å². The molecule has 5 heteroatoms. The fraction of sp³-hybridized carbons (Fsp3) is 0.625. The van der Waals surface area contributed by atoms with Crippen LogP contribution < -0.4 is 0 Å². The van der Waals surface area contributed by atoms with Gasteiger partial charge in [-0.1, -0.05) is 17.7 Å². The van der Waals surface area contributed by atoms with Gasteiger partial charge in [-0.2, -0.15) is 0 Å². The van der Waals surface area contributed by atoms with Gasteiger partial charge in [0.15, 0.2) is 5.79 Å². The molecule has 1 saturated heterocycles. The largest absolute Gasteiger partial charge is 0.396 e. The van der Waals surface area contributed by atoms with Crippen LogP contribution >= 0.6 is 0 Å². The summed E-state index contributed by atoms with van der Waals surface area (Å²) in [5.74, 6) is -0.238. The Kier molecular flexibility index (Phi) is 5.54. The highest BCUT2D eigenvalue weighted by Crippen LogP contribution is 2.29. The third-order valence-corrected chi connectivity index (χ3v) is 4.97. The van der Waals surface area contributed by atoms with E-state index in [2.05, 4.69) is 0 Å². The smallest absolute Gasteiger partial charge is 0.163 e. The fourth-order valence-electron chi connectivity index (χ4n) is 2.60. The lowest BCUT2D eigenvalue weighted by atomic mass is 10.1. The van der Waals surface area contributed by atoms with Gasteiger partial charge in [0.1, 0.15) is 0 Å². The van der Waals surface area contributed by atoms with E-state index in [0.29, 0.717) is 18.6 Å². The Morgan fingerprint density at radius 2 is 1.86 bits per heavy atom. The van der Waals surface area contributed by atoms with Crippen molar-refractivity contribution in [3.63, 3.8) is 0 Å². The molecule has 1 aromatic rings. The fourth-order valence-corrected chi connectivity index (χ4v) is 3.77. The standard InChI is InChI=1S/C16H24O4S/c1-12-4-6-15(7-5-12)21(18)11-14-10-13(8-9-17)19-16(2,3)20-14/h4-7,13-14,17H,8-11H2,1-3H3/t13-,14-,21+/m1/s1. The molecule has 0 saturated carbocycles. The third-order valence-electron chi connectivity index (χ3n) is 3.50. The minimum atomic E-state index is -1.08. The second-order valence-corrected chi connectivity index (χ2v) is 7.45. The minimum absolute atomic E-state index is 0.0428. The van der Waals surface area contributed by atoms with E-state index in [9.17, 15) is 4.21 Å². The van der Waals surface area contributed by atoms with Gasteiger partial charge in [0.25, 0.3) is 0 Å². The number of hydrogen-bond acceptors (Lipinski definition) is 4. The van der Waals surface area contributed by atoms with Crippen molar-refractivity contribution in [3.8, 4) is 0 Å². The van der Waals surface area contributed by atoms with Gasteiger partial charge in [-0.3, -0.25) is 4.21 Å². The molecule has 0 aliphatic carbocycles. The van der Waals surface area contributed by atoms with Crippen LogP contribution in [0.3, 0.4) is 0 Å². The highest BCUT2D eigenvalue weighted by atomic mass is 32.2. The summed E-state index contributed by atoms with van der Waals surface area (Å²) in [6, 6.07) is 7.75. The van der Waals surface area contributed by atoms with Gasteiger partial charge in [-0.15, -0.1) is 0 Å². The molecule has 2 rings (SSSR count). The van der Waals surface area contributed by atoms with E-state index in [4.69, 9.17) is 14.6 Å². The van der Waals surface area contributed by atoms with Gasteiger partial charge in [0.2, 0.25) is 0 Å². The van der Waals surface area contributed by atoms with Gasteiger partial charge >= 0.3 is 0 Å². The number of benzene rings is 1. The second-order valence-electron chi connectivity index (χ2n) is 5.95. The van der Waals surface area contributed by atoms with E-state index in [-0.39, 0.29) is 18.8 Å². The molecule has 1 heterocycles. The first-order chi connectivity index (χ1) is 9.89. The summed E-state index contributed by atoms with van der Waals surface area (Å²) in [6.07, 6.45) is 1.09. The maximum atomic E-state index is 12.4. The quantitative estimate of drug-likeness (QED) is 0.907. The first-order valence-corrected chi connectivity index (χ1v) is 8.63. The molecular formula is C16H24O4S. The lowest BCUT2D eigenvalue weighted by Gasteiger charge is -2.40. The van der Waals surface area contributed by atoms with Crippen molar-refractivity contribution in [2.24, 2.45) is 0 Å². The molecular weight excluding hydrogens is 288 g/mol. The summed E-state index contributed by atoms with van der Waals surface area (Å²) in [4.78, 5) is 0.826. The van der Waals surface area contributed by atoms with Crippen molar-refractivity contribution in [3.05, 3.63) is 29.8 Å². The number of rotatable bonds is 5. The Labute approximate surface area is 128 Å². The number of aliphatic hydroxyl groups is 1. The molecule has 1 aliphatic heterocycles. The molecule has 118 valence electrons. The predicted molar refractivity (Wildman–Crippen MR) is 82.6 cm³/mol. The topological polar surface area (TPSA) is 55.8 Å². The van der Waals surface area contributed by atoms with Crippen molar-refractivity contribution >= 4 is 10.8 Å². The zero-order valence-electron chi connectivity index (χ0n) is 12.9. The molecule has 0 bridgehead atoms. The molecule has 21 heavy (non-hydrogen) atoms. The van der Waals surface area contributed by atoms with Crippen LogP contribution in [-0.4, -0.2) is 39.7 Å². The molecule has 1 aliphatic rings. The lowest BCUT2D eigenvalue weighted by Crippen LogP contribution is -2.46. The summed E-state index contributed by atoms with van der Waals surface area (Å²) in [7, 11) is -1.08. The highest BCUT2D eigenvalue weighted by molar-refractivity contribution is 7.85. The minimum Gasteiger partial charge on any atom is -0.396 e. The van der Waals surface area contributed by atoms with E-state index >= 15 is 0 Å². The van der Waals surface area contributed by atoms with Crippen molar-refractivity contribution < 1.29 is 18.8 Å². The average Bonchev–Trinajstić information content (AvgIpc) is 2.37. The van der Waals surface area contributed by atoms with Crippen molar-refractivity contribution in [1.82, 2.24) is 0 Å². The molecule has 3 atom stereocenters. The van der Waals surface area contributed by atoms with Gasteiger partial charge in [0.05, 0.1) is 28.8 Å². The zero-order valence-corrected chi connectivity index (χ0v) is 13.7. The van der Waals surface area contributed by atoms with Crippen molar-refractivity contribution in [1.29, 1.82) is 0 Å². The third kappa shape index (κ3) is 4.88. The number of aryl methyl sites for hydroxylation is 1. The van der Waals surface area contributed by atoms with E-state index in [1.807, 2.05) is 45.0 Å².